The van der Waals surface area contributed by atoms with Crippen molar-refractivity contribution in [3.8, 4) is 0 Å². The van der Waals surface area contributed by atoms with Gasteiger partial charge in [0.05, 0.1) is 6.04 Å². The molecule has 1 amide bonds. The molecule has 1 aliphatic rings. The van der Waals surface area contributed by atoms with Gasteiger partial charge < -0.3 is 15.5 Å². The van der Waals surface area contributed by atoms with E-state index >= 15 is 0 Å². The Labute approximate surface area is 91.7 Å². The van der Waals surface area contributed by atoms with E-state index in [9.17, 15) is 4.79 Å². The Bertz CT molecular complexity index is 259. The van der Waals surface area contributed by atoms with E-state index in [1.54, 1.807) is 6.08 Å². The Hall–Kier alpha value is -0.870. The second-order valence-corrected chi connectivity index (χ2v) is 4.41. The normalized spacial score (nSPS) is 22.7. The fourth-order valence-corrected chi connectivity index (χ4v) is 1.83. The van der Waals surface area contributed by atoms with Gasteiger partial charge >= 0.3 is 0 Å². The minimum Gasteiger partial charge on any atom is -0.332 e. The maximum absolute atomic E-state index is 11.9. The second-order valence-electron chi connectivity index (χ2n) is 4.41. The Morgan fingerprint density at radius 2 is 2.13 bits per heavy atom. The molecular formula is C11H21N3O. The molecule has 0 aromatic heterocycles. The zero-order valence-corrected chi connectivity index (χ0v) is 9.86. The summed E-state index contributed by atoms with van der Waals surface area (Å²) in [6, 6.07) is 0.159. The molecule has 0 radical (unpaired) electrons. The summed E-state index contributed by atoms with van der Waals surface area (Å²) in [7, 11) is 2.06. The Balaban J connectivity index is 2.67. The first-order valence-corrected chi connectivity index (χ1v) is 5.38. The number of carbonyl (C=O) groups is 1. The van der Waals surface area contributed by atoms with Crippen LogP contribution in [0.1, 0.15) is 13.8 Å². The molecule has 86 valence electrons. The molecule has 1 atom stereocenters. The molecule has 1 rings (SSSR count). The van der Waals surface area contributed by atoms with E-state index in [0.29, 0.717) is 6.54 Å². The monoisotopic (exact) mass is 211 g/mol. The van der Waals surface area contributed by atoms with E-state index in [4.69, 9.17) is 5.73 Å². The SMILES string of the molecule is CC(C)=CC(=O)N1CCN(C)CC1CN. The van der Waals surface area contributed by atoms with Crippen molar-refractivity contribution in [3.63, 3.8) is 0 Å². The van der Waals surface area contributed by atoms with Crippen LogP contribution in [0.25, 0.3) is 0 Å². The van der Waals surface area contributed by atoms with Crippen molar-refractivity contribution >= 4 is 5.91 Å². The summed E-state index contributed by atoms with van der Waals surface area (Å²) in [5.74, 6) is 0.0959. The maximum atomic E-state index is 11.9. The van der Waals surface area contributed by atoms with Gasteiger partial charge in [0, 0.05) is 32.3 Å². The zero-order valence-electron chi connectivity index (χ0n) is 9.86. The van der Waals surface area contributed by atoms with Gasteiger partial charge in [-0.2, -0.15) is 0 Å². The molecule has 1 saturated heterocycles. The Morgan fingerprint density at radius 1 is 1.47 bits per heavy atom. The molecule has 4 nitrogen and oxygen atoms in total. The number of nitrogens with two attached hydrogens (primary N) is 1. The minimum absolute atomic E-state index is 0.0959. The minimum atomic E-state index is 0.0959. The summed E-state index contributed by atoms with van der Waals surface area (Å²) in [5, 5.41) is 0. The third kappa shape index (κ3) is 3.32. The fourth-order valence-electron chi connectivity index (χ4n) is 1.83. The van der Waals surface area contributed by atoms with Crippen LogP contribution >= 0.6 is 0 Å². The highest BCUT2D eigenvalue weighted by Gasteiger charge is 2.26. The number of likely N-dealkylation sites (N-methyl/N-ethyl adjacent to an activating group) is 1. The van der Waals surface area contributed by atoms with Gasteiger partial charge in [0.1, 0.15) is 0 Å². The van der Waals surface area contributed by atoms with Crippen molar-refractivity contribution in [2.24, 2.45) is 5.73 Å². The Kier molecular flexibility index (Phi) is 4.29. The van der Waals surface area contributed by atoms with Crippen molar-refractivity contribution < 1.29 is 4.79 Å². The average molecular weight is 211 g/mol. The lowest BCUT2D eigenvalue weighted by Gasteiger charge is -2.39. The number of rotatable bonds is 2. The highest BCUT2D eigenvalue weighted by atomic mass is 16.2. The van der Waals surface area contributed by atoms with Crippen molar-refractivity contribution in [2.75, 3.05) is 33.2 Å². The first-order chi connectivity index (χ1) is 7.04. The number of allylic oxidation sites excluding steroid dienone is 1. The summed E-state index contributed by atoms with van der Waals surface area (Å²) >= 11 is 0. The first kappa shape index (κ1) is 12.2. The third-order valence-corrected chi connectivity index (χ3v) is 2.65. The van der Waals surface area contributed by atoms with Crippen LogP contribution in [-0.2, 0) is 4.79 Å². The largest absolute Gasteiger partial charge is 0.332 e. The molecule has 1 heterocycles. The number of hydrogen-bond acceptors (Lipinski definition) is 3. The van der Waals surface area contributed by atoms with Crippen LogP contribution in [0.3, 0.4) is 0 Å². The predicted octanol–water partition coefficient (Wildman–Crippen LogP) is 0.0539. The molecule has 2 N–H and O–H groups in total. The van der Waals surface area contributed by atoms with E-state index in [-0.39, 0.29) is 11.9 Å². The average Bonchev–Trinajstić information content (AvgIpc) is 2.16. The van der Waals surface area contributed by atoms with Crippen LogP contribution < -0.4 is 5.73 Å². The quantitative estimate of drug-likeness (QED) is 0.657. The molecule has 0 aromatic rings. The van der Waals surface area contributed by atoms with E-state index < -0.39 is 0 Å². The van der Waals surface area contributed by atoms with Crippen LogP contribution in [0.5, 0.6) is 0 Å². The lowest BCUT2D eigenvalue weighted by Crippen LogP contribution is -2.56. The number of amides is 1. The molecule has 0 spiro atoms. The second kappa shape index (κ2) is 5.28. The van der Waals surface area contributed by atoms with Crippen LogP contribution in [0, 0.1) is 0 Å². The van der Waals surface area contributed by atoms with Crippen LogP contribution in [0.15, 0.2) is 11.6 Å². The van der Waals surface area contributed by atoms with Gasteiger partial charge in [-0.15, -0.1) is 0 Å². The summed E-state index contributed by atoms with van der Waals surface area (Å²) < 4.78 is 0. The molecule has 15 heavy (non-hydrogen) atoms. The predicted molar refractivity (Wildman–Crippen MR) is 61.5 cm³/mol. The number of nitrogens with zero attached hydrogens (tertiary/aromatic N) is 2. The fraction of sp³-hybridized carbons (Fsp3) is 0.727. The summed E-state index contributed by atoms with van der Waals surface area (Å²) in [4.78, 5) is 16.0. The summed E-state index contributed by atoms with van der Waals surface area (Å²) in [6.07, 6.45) is 1.69. The molecule has 0 aliphatic carbocycles. The molecule has 0 saturated carbocycles. The van der Waals surface area contributed by atoms with E-state index in [2.05, 4.69) is 11.9 Å². The lowest BCUT2D eigenvalue weighted by molar-refractivity contribution is -0.130. The van der Waals surface area contributed by atoms with E-state index in [1.165, 1.54) is 0 Å². The smallest absolute Gasteiger partial charge is 0.246 e. The van der Waals surface area contributed by atoms with Crippen LogP contribution in [0.2, 0.25) is 0 Å². The number of piperazine rings is 1. The van der Waals surface area contributed by atoms with Gasteiger partial charge in [-0.05, 0) is 20.9 Å². The highest BCUT2D eigenvalue weighted by molar-refractivity contribution is 5.88. The molecule has 4 heteroatoms. The van der Waals surface area contributed by atoms with Crippen molar-refractivity contribution in [1.29, 1.82) is 0 Å². The zero-order chi connectivity index (χ0) is 11.4. The third-order valence-electron chi connectivity index (χ3n) is 2.65. The lowest BCUT2D eigenvalue weighted by atomic mass is 10.1. The molecule has 1 aliphatic heterocycles. The highest BCUT2D eigenvalue weighted by Crippen LogP contribution is 2.09. The van der Waals surface area contributed by atoms with Gasteiger partial charge in [0.25, 0.3) is 0 Å². The molecular weight excluding hydrogens is 190 g/mol. The Morgan fingerprint density at radius 3 is 2.67 bits per heavy atom. The first-order valence-electron chi connectivity index (χ1n) is 5.38. The standard InChI is InChI=1S/C11H21N3O/c1-9(2)6-11(15)14-5-4-13(3)8-10(14)7-12/h6,10H,4-5,7-8,12H2,1-3H3. The topological polar surface area (TPSA) is 49.6 Å². The van der Waals surface area contributed by atoms with Crippen molar-refractivity contribution in [2.45, 2.75) is 19.9 Å². The van der Waals surface area contributed by atoms with Crippen molar-refractivity contribution in [3.05, 3.63) is 11.6 Å². The van der Waals surface area contributed by atoms with Gasteiger partial charge in [-0.25, -0.2) is 0 Å². The van der Waals surface area contributed by atoms with Crippen LogP contribution in [0.4, 0.5) is 0 Å². The van der Waals surface area contributed by atoms with Crippen molar-refractivity contribution in [1.82, 2.24) is 9.80 Å². The van der Waals surface area contributed by atoms with Crippen LogP contribution in [-0.4, -0.2) is 55.0 Å². The van der Waals surface area contributed by atoms with Gasteiger partial charge in [0.2, 0.25) is 5.91 Å². The summed E-state index contributed by atoms with van der Waals surface area (Å²) in [5.41, 5.74) is 6.72. The molecule has 1 fully saturated rings. The van der Waals surface area contributed by atoms with E-state index in [1.807, 2.05) is 18.7 Å². The van der Waals surface area contributed by atoms with Gasteiger partial charge in [-0.1, -0.05) is 5.57 Å². The van der Waals surface area contributed by atoms with Gasteiger partial charge in [-0.3, -0.25) is 4.79 Å². The molecule has 0 aromatic carbocycles. The number of carbonyl (C=O) groups excluding carboxylic acids is 1. The maximum Gasteiger partial charge on any atom is 0.246 e. The number of hydrogen-bond donors (Lipinski definition) is 1. The molecule has 0 bridgehead atoms. The summed E-state index contributed by atoms with van der Waals surface area (Å²) in [6.45, 7) is 6.99. The van der Waals surface area contributed by atoms with E-state index in [0.717, 1.165) is 25.2 Å². The molecule has 1 unspecified atom stereocenters. The van der Waals surface area contributed by atoms with Gasteiger partial charge in [0.15, 0.2) is 0 Å².